The number of benzene rings is 1. The average molecular weight is 284 g/mol. The number of rotatable bonds is 2. The summed E-state index contributed by atoms with van der Waals surface area (Å²) < 4.78 is 5.65. The van der Waals surface area contributed by atoms with Crippen molar-refractivity contribution in [1.29, 1.82) is 0 Å². The lowest BCUT2D eigenvalue weighted by atomic mass is 10.2. The maximum atomic E-state index is 6.11. The summed E-state index contributed by atoms with van der Waals surface area (Å²) in [6.07, 6.45) is 2.33. The Hall–Kier alpha value is -1.26. The van der Waals surface area contributed by atoms with Crippen LogP contribution in [0.3, 0.4) is 0 Å². The third-order valence-electron chi connectivity index (χ3n) is 2.95. The van der Waals surface area contributed by atoms with Gasteiger partial charge in [-0.3, -0.25) is 0 Å². The zero-order valence-electron chi connectivity index (χ0n) is 9.57. The van der Waals surface area contributed by atoms with Gasteiger partial charge in [0.2, 0.25) is 0 Å². The molecule has 3 rings (SSSR count). The number of anilines is 1. The molecule has 0 atom stereocenters. The minimum atomic E-state index is 0.429. The van der Waals surface area contributed by atoms with Crippen molar-refractivity contribution in [3.8, 4) is 11.5 Å². The number of nitrogens with zero attached hydrogens (tertiary/aromatic N) is 3. The van der Waals surface area contributed by atoms with Crippen LogP contribution in [-0.4, -0.2) is 23.3 Å². The fraction of sp³-hybridized carbons (Fsp3) is 0.333. The van der Waals surface area contributed by atoms with Gasteiger partial charge in [-0.15, -0.1) is 5.10 Å². The second-order valence-corrected chi connectivity index (χ2v) is 5.05. The van der Waals surface area contributed by atoms with Gasteiger partial charge in [-0.2, -0.15) is 0 Å². The molecule has 1 aromatic heterocycles. The molecule has 0 amide bonds. The van der Waals surface area contributed by atoms with Gasteiger partial charge in [-0.1, -0.05) is 28.3 Å². The molecule has 0 spiro atoms. The third-order valence-corrected chi connectivity index (χ3v) is 3.50. The van der Waals surface area contributed by atoms with Crippen molar-refractivity contribution in [3.63, 3.8) is 0 Å². The van der Waals surface area contributed by atoms with E-state index < -0.39 is 0 Å². The molecule has 0 bridgehead atoms. The minimum Gasteiger partial charge on any atom is -0.403 e. The van der Waals surface area contributed by atoms with Crippen molar-refractivity contribution in [2.24, 2.45) is 0 Å². The second-order valence-electron chi connectivity index (χ2n) is 4.21. The van der Waals surface area contributed by atoms with Crippen LogP contribution in [0.5, 0.6) is 0 Å². The van der Waals surface area contributed by atoms with Gasteiger partial charge in [0.25, 0.3) is 5.89 Å². The molecular weight excluding hydrogens is 273 g/mol. The molecule has 0 aliphatic carbocycles. The van der Waals surface area contributed by atoms with Crippen molar-refractivity contribution in [3.05, 3.63) is 28.2 Å². The maximum Gasteiger partial charge on any atom is 0.318 e. The van der Waals surface area contributed by atoms with E-state index in [-0.39, 0.29) is 0 Å². The summed E-state index contributed by atoms with van der Waals surface area (Å²) in [6, 6.07) is 5.76. The molecule has 1 fully saturated rings. The predicted molar refractivity (Wildman–Crippen MR) is 71.2 cm³/mol. The SMILES string of the molecule is Clc1ccc(-c2nnc(N3CCCC3)o2)c(Cl)c1. The molecular formula is C12H11Cl2N3O. The van der Waals surface area contributed by atoms with Crippen molar-refractivity contribution in [2.75, 3.05) is 18.0 Å². The Bertz CT molecular complexity index is 564. The van der Waals surface area contributed by atoms with Crippen LogP contribution in [0.15, 0.2) is 22.6 Å². The van der Waals surface area contributed by atoms with Crippen LogP contribution < -0.4 is 4.90 Å². The highest BCUT2D eigenvalue weighted by Crippen LogP contribution is 2.31. The molecule has 0 radical (unpaired) electrons. The van der Waals surface area contributed by atoms with Crippen molar-refractivity contribution >= 4 is 29.2 Å². The molecule has 94 valence electrons. The van der Waals surface area contributed by atoms with E-state index in [9.17, 15) is 0 Å². The summed E-state index contributed by atoms with van der Waals surface area (Å²) in [6.45, 7) is 1.94. The number of hydrogen-bond donors (Lipinski definition) is 0. The lowest BCUT2D eigenvalue weighted by Crippen LogP contribution is -2.17. The Labute approximate surface area is 115 Å². The standard InChI is InChI=1S/C12H11Cl2N3O/c13-8-3-4-9(10(14)7-8)11-15-16-12(18-11)17-5-1-2-6-17/h3-4,7H,1-2,5-6H2. The van der Waals surface area contributed by atoms with Gasteiger partial charge in [0, 0.05) is 18.1 Å². The van der Waals surface area contributed by atoms with Gasteiger partial charge >= 0.3 is 6.01 Å². The van der Waals surface area contributed by atoms with E-state index in [1.807, 2.05) is 0 Å². The predicted octanol–water partition coefficient (Wildman–Crippen LogP) is 3.64. The van der Waals surface area contributed by atoms with E-state index in [1.54, 1.807) is 18.2 Å². The number of hydrogen-bond acceptors (Lipinski definition) is 4. The van der Waals surface area contributed by atoms with Gasteiger partial charge in [-0.05, 0) is 31.0 Å². The van der Waals surface area contributed by atoms with Crippen molar-refractivity contribution < 1.29 is 4.42 Å². The highest BCUT2D eigenvalue weighted by molar-refractivity contribution is 6.36. The first-order valence-electron chi connectivity index (χ1n) is 5.78. The number of aromatic nitrogens is 2. The summed E-state index contributed by atoms with van der Waals surface area (Å²) in [5, 5.41) is 9.19. The summed E-state index contributed by atoms with van der Waals surface area (Å²) >= 11 is 12.0. The molecule has 2 heterocycles. The molecule has 1 aliphatic heterocycles. The highest BCUT2D eigenvalue weighted by atomic mass is 35.5. The van der Waals surface area contributed by atoms with Crippen LogP contribution in [0.2, 0.25) is 10.0 Å². The Morgan fingerprint density at radius 1 is 1.11 bits per heavy atom. The van der Waals surface area contributed by atoms with E-state index in [0.29, 0.717) is 27.5 Å². The first-order valence-corrected chi connectivity index (χ1v) is 6.53. The van der Waals surface area contributed by atoms with Crippen LogP contribution in [0.25, 0.3) is 11.5 Å². The third kappa shape index (κ3) is 2.18. The Morgan fingerprint density at radius 3 is 2.61 bits per heavy atom. The normalized spacial score (nSPS) is 15.3. The van der Waals surface area contributed by atoms with E-state index in [2.05, 4.69) is 15.1 Å². The first kappa shape index (κ1) is 11.8. The Balaban J connectivity index is 1.92. The molecule has 1 aliphatic rings. The largest absolute Gasteiger partial charge is 0.403 e. The Morgan fingerprint density at radius 2 is 1.89 bits per heavy atom. The van der Waals surface area contributed by atoms with Gasteiger partial charge in [0.05, 0.1) is 10.6 Å². The molecule has 6 heteroatoms. The zero-order chi connectivity index (χ0) is 12.5. The van der Waals surface area contributed by atoms with Gasteiger partial charge < -0.3 is 9.32 Å². The zero-order valence-corrected chi connectivity index (χ0v) is 11.1. The van der Waals surface area contributed by atoms with Crippen molar-refractivity contribution in [2.45, 2.75) is 12.8 Å². The van der Waals surface area contributed by atoms with Crippen LogP contribution in [0, 0.1) is 0 Å². The maximum absolute atomic E-state index is 6.11. The monoisotopic (exact) mass is 283 g/mol. The van der Waals surface area contributed by atoms with Crippen LogP contribution in [-0.2, 0) is 0 Å². The summed E-state index contributed by atoms with van der Waals surface area (Å²) in [5.74, 6) is 0.429. The van der Waals surface area contributed by atoms with Crippen molar-refractivity contribution in [1.82, 2.24) is 10.2 Å². The van der Waals surface area contributed by atoms with Crippen LogP contribution in [0.1, 0.15) is 12.8 Å². The lowest BCUT2D eigenvalue weighted by Gasteiger charge is -2.09. The molecule has 2 aromatic rings. The van der Waals surface area contributed by atoms with E-state index in [4.69, 9.17) is 27.6 Å². The first-order chi connectivity index (χ1) is 8.74. The molecule has 0 N–H and O–H groups in total. The lowest BCUT2D eigenvalue weighted by molar-refractivity contribution is 0.557. The Kier molecular flexibility index (Phi) is 3.14. The molecule has 0 saturated carbocycles. The molecule has 0 unspecified atom stereocenters. The molecule has 18 heavy (non-hydrogen) atoms. The van der Waals surface area contributed by atoms with E-state index in [1.165, 1.54) is 12.8 Å². The van der Waals surface area contributed by atoms with Gasteiger partial charge in [-0.25, -0.2) is 0 Å². The summed E-state index contributed by atoms with van der Waals surface area (Å²) in [7, 11) is 0. The number of halogens is 2. The quantitative estimate of drug-likeness (QED) is 0.844. The molecule has 4 nitrogen and oxygen atoms in total. The van der Waals surface area contributed by atoms with Gasteiger partial charge in [0.1, 0.15) is 0 Å². The fourth-order valence-electron chi connectivity index (χ4n) is 2.02. The average Bonchev–Trinajstić information content (AvgIpc) is 2.99. The molecule has 1 saturated heterocycles. The van der Waals surface area contributed by atoms with Crippen LogP contribution in [0.4, 0.5) is 6.01 Å². The highest BCUT2D eigenvalue weighted by Gasteiger charge is 2.19. The van der Waals surface area contributed by atoms with Gasteiger partial charge in [0.15, 0.2) is 0 Å². The van der Waals surface area contributed by atoms with E-state index >= 15 is 0 Å². The van der Waals surface area contributed by atoms with E-state index in [0.717, 1.165) is 13.1 Å². The van der Waals surface area contributed by atoms with Crippen LogP contribution >= 0.6 is 23.2 Å². The second kappa shape index (κ2) is 4.78. The topological polar surface area (TPSA) is 42.2 Å². The smallest absolute Gasteiger partial charge is 0.318 e. The minimum absolute atomic E-state index is 0.429. The molecule has 1 aromatic carbocycles. The fourth-order valence-corrected chi connectivity index (χ4v) is 2.51. The summed E-state index contributed by atoms with van der Waals surface area (Å²) in [4.78, 5) is 2.08. The summed E-state index contributed by atoms with van der Waals surface area (Å²) in [5.41, 5.74) is 0.707.